The smallest absolute Gasteiger partial charge is 0.255 e. The van der Waals surface area contributed by atoms with Crippen molar-refractivity contribution in [2.45, 2.75) is 12.8 Å². The standard InChI is InChI=1S/C17H14N2O3/c20-15-9-10-16(21)19(15)14-8-4-7-13(11-14)18-17(22)12-5-2-1-3-6-12/h1-8,11H,9-10H2,(H,18,22). The van der Waals surface area contributed by atoms with Crippen molar-refractivity contribution in [1.29, 1.82) is 0 Å². The first-order valence-electron chi connectivity index (χ1n) is 6.97. The summed E-state index contributed by atoms with van der Waals surface area (Å²) in [6.07, 6.45) is 0.471. The van der Waals surface area contributed by atoms with E-state index in [4.69, 9.17) is 0 Å². The minimum Gasteiger partial charge on any atom is -0.322 e. The van der Waals surface area contributed by atoms with Gasteiger partial charge in [0.15, 0.2) is 0 Å². The van der Waals surface area contributed by atoms with Crippen LogP contribution in [0.5, 0.6) is 0 Å². The molecule has 1 aliphatic rings. The first-order chi connectivity index (χ1) is 10.6. The molecule has 5 heteroatoms. The number of carbonyl (C=O) groups is 3. The Bertz CT molecular complexity index is 725. The number of carbonyl (C=O) groups excluding carboxylic acids is 3. The van der Waals surface area contributed by atoms with Crippen LogP contribution in [0.4, 0.5) is 11.4 Å². The number of imide groups is 1. The summed E-state index contributed by atoms with van der Waals surface area (Å²) in [6.45, 7) is 0. The molecule has 5 nitrogen and oxygen atoms in total. The van der Waals surface area contributed by atoms with Gasteiger partial charge in [0.25, 0.3) is 5.91 Å². The fourth-order valence-electron chi connectivity index (χ4n) is 2.38. The molecule has 0 aromatic heterocycles. The van der Waals surface area contributed by atoms with Gasteiger partial charge >= 0.3 is 0 Å². The summed E-state index contributed by atoms with van der Waals surface area (Å²) in [7, 11) is 0. The van der Waals surface area contributed by atoms with E-state index in [1.165, 1.54) is 0 Å². The maximum Gasteiger partial charge on any atom is 0.255 e. The molecule has 0 bridgehead atoms. The third-order valence-corrected chi connectivity index (χ3v) is 3.45. The van der Waals surface area contributed by atoms with E-state index < -0.39 is 0 Å². The molecule has 2 aromatic carbocycles. The molecule has 1 fully saturated rings. The van der Waals surface area contributed by atoms with E-state index in [0.29, 0.717) is 16.9 Å². The third-order valence-electron chi connectivity index (χ3n) is 3.45. The predicted molar refractivity (Wildman–Crippen MR) is 82.6 cm³/mol. The molecule has 0 atom stereocenters. The maximum atomic E-state index is 12.1. The zero-order valence-corrected chi connectivity index (χ0v) is 11.8. The van der Waals surface area contributed by atoms with Crippen molar-refractivity contribution in [2.75, 3.05) is 10.2 Å². The van der Waals surface area contributed by atoms with Gasteiger partial charge in [-0.1, -0.05) is 24.3 Å². The number of hydrogen-bond acceptors (Lipinski definition) is 3. The highest BCUT2D eigenvalue weighted by Gasteiger charge is 2.30. The summed E-state index contributed by atoms with van der Waals surface area (Å²) in [5.41, 5.74) is 1.57. The lowest BCUT2D eigenvalue weighted by atomic mass is 10.2. The number of amides is 3. The Labute approximate surface area is 127 Å². The first kappa shape index (κ1) is 14.0. The van der Waals surface area contributed by atoms with Crippen molar-refractivity contribution < 1.29 is 14.4 Å². The minimum atomic E-state index is -0.239. The van der Waals surface area contributed by atoms with E-state index in [-0.39, 0.29) is 30.6 Å². The summed E-state index contributed by atoms with van der Waals surface area (Å²) in [5, 5.41) is 2.76. The highest BCUT2D eigenvalue weighted by Crippen LogP contribution is 2.25. The van der Waals surface area contributed by atoms with Gasteiger partial charge < -0.3 is 5.32 Å². The van der Waals surface area contributed by atoms with Gasteiger partial charge in [0.2, 0.25) is 11.8 Å². The summed E-state index contributed by atoms with van der Waals surface area (Å²) >= 11 is 0. The topological polar surface area (TPSA) is 66.5 Å². The van der Waals surface area contributed by atoms with E-state index in [2.05, 4.69) is 5.32 Å². The van der Waals surface area contributed by atoms with Gasteiger partial charge in [-0.25, -0.2) is 0 Å². The largest absolute Gasteiger partial charge is 0.322 e. The van der Waals surface area contributed by atoms with Gasteiger partial charge in [-0.2, -0.15) is 0 Å². The van der Waals surface area contributed by atoms with Crippen molar-refractivity contribution in [3.05, 3.63) is 60.2 Å². The number of nitrogens with zero attached hydrogens (tertiary/aromatic N) is 1. The Kier molecular flexibility index (Phi) is 3.70. The van der Waals surface area contributed by atoms with E-state index in [1.54, 1.807) is 48.5 Å². The van der Waals surface area contributed by atoms with E-state index in [1.807, 2.05) is 6.07 Å². The Morgan fingerprint density at radius 2 is 1.59 bits per heavy atom. The van der Waals surface area contributed by atoms with Crippen molar-refractivity contribution >= 4 is 29.1 Å². The lowest BCUT2D eigenvalue weighted by Crippen LogP contribution is -2.28. The van der Waals surface area contributed by atoms with Crippen molar-refractivity contribution in [2.24, 2.45) is 0 Å². The van der Waals surface area contributed by atoms with E-state index in [9.17, 15) is 14.4 Å². The lowest BCUT2D eigenvalue weighted by molar-refractivity contribution is -0.121. The first-order valence-corrected chi connectivity index (χ1v) is 6.97. The molecule has 0 saturated carbocycles. The van der Waals surface area contributed by atoms with Crippen LogP contribution >= 0.6 is 0 Å². The molecule has 0 unspecified atom stereocenters. The molecule has 22 heavy (non-hydrogen) atoms. The summed E-state index contributed by atoms with van der Waals surface area (Å²) in [4.78, 5) is 36.8. The second-order valence-electron chi connectivity index (χ2n) is 4.99. The van der Waals surface area contributed by atoms with Gasteiger partial charge in [-0.05, 0) is 30.3 Å². The zero-order valence-electron chi connectivity index (χ0n) is 11.8. The fraction of sp³-hybridized carbons (Fsp3) is 0.118. The van der Waals surface area contributed by atoms with Crippen LogP contribution in [0.1, 0.15) is 23.2 Å². The lowest BCUT2D eigenvalue weighted by Gasteiger charge is -2.15. The van der Waals surface area contributed by atoms with Crippen LogP contribution in [0, 0.1) is 0 Å². The van der Waals surface area contributed by atoms with Gasteiger partial charge in [0.05, 0.1) is 5.69 Å². The Hall–Kier alpha value is -2.95. The molecule has 110 valence electrons. The molecule has 1 N–H and O–H groups in total. The second kappa shape index (κ2) is 5.81. The number of benzene rings is 2. The molecular weight excluding hydrogens is 280 g/mol. The molecule has 0 aliphatic carbocycles. The summed E-state index contributed by atoms with van der Waals surface area (Å²) in [5.74, 6) is -0.662. The number of anilines is 2. The van der Waals surface area contributed by atoms with Crippen LogP contribution in [0.25, 0.3) is 0 Å². The maximum absolute atomic E-state index is 12.1. The van der Waals surface area contributed by atoms with Gasteiger partial charge in [0.1, 0.15) is 0 Å². The molecule has 0 radical (unpaired) electrons. The van der Waals surface area contributed by atoms with Crippen LogP contribution < -0.4 is 10.2 Å². The fourth-order valence-corrected chi connectivity index (χ4v) is 2.38. The van der Waals surface area contributed by atoms with Crippen LogP contribution in [-0.2, 0) is 9.59 Å². The molecule has 3 amide bonds. The molecule has 3 rings (SSSR count). The molecular formula is C17H14N2O3. The SMILES string of the molecule is O=C(Nc1cccc(N2C(=O)CCC2=O)c1)c1ccccc1. The molecule has 2 aromatic rings. The Balaban J connectivity index is 1.81. The van der Waals surface area contributed by atoms with Crippen LogP contribution in [-0.4, -0.2) is 17.7 Å². The van der Waals surface area contributed by atoms with Crippen molar-refractivity contribution in [3.8, 4) is 0 Å². The van der Waals surface area contributed by atoms with Gasteiger partial charge in [-0.15, -0.1) is 0 Å². The molecule has 1 heterocycles. The minimum absolute atomic E-state index is 0.212. The zero-order chi connectivity index (χ0) is 15.5. The van der Waals surface area contributed by atoms with E-state index >= 15 is 0 Å². The number of rotatable bonds is 3. The van der Waals surface area contributed by atoms with Crippen LogP contribution in [0.3, 0.4) is 0 Å². The monoisotopic (exact) mass is 294 g/mol. The van der Waals surface area contributed by atoms with Crippen molar-refractivity contribution in [3.63, 3.8) is 0 Å². The normalized spacial score (nSPS) is 14.3. The predicted octanol–water partition coefficient (Wildman–Crippen LogP) is 2.59. The van der Waals surface area contributed by atoms with Crippen LogP contribution in [0.15, 0.2) is 54.6 Å². The number of nitrogens with one attached hydrogen (secondary N) is 1. The third kappa shape index (κ3) is 2.74. The molecule has 0 spiro atoms. The van der Waals surface area contributed by atoms with E-state index in [0.717, 1.165) is 4.90 Å². The second-order valence-corrected chi connectivity index (χ2v) is 4.99. The van der Waals surface area contributed by atoms with Crippen molar-refractivity contribution in [1.82, 2.24) is 0 Å². The summed E-state index contributed by atoms with van der Waals surface area (Å²) < 4.78 is 0. The van der Waals surface area contributed by atoms with Gasteiger partial charge in [0, 0.05) is 24.1 Å². The quantitative estimate of drug-likeness (QED) is 0.885. The Morgan fingerprint density at radius 3 is 2.27 bits per heavy atom. The number of hydrogen-bond donors (Lipinski definition) is 1. The molecule has 1 saturated heterocycles. The highest BCUT2D eigenvalue weighted by molar-refractivity contribution is 6.20. The average Bonchev–Trinajstić information content (AvgIpc) is 2.87. The van der Waals surface area contributed by atoms with Gasteiger partial charge in [-0.3, -0.25) is 19.3 Å². The Morgan fingerprint density at radius 1 is 0.909 bits per heavy atom. The highest BCUT2D eigenvalue weighted by atomic mass is 16.2. The molecule has 1 aliphatic heterocycles. The summed E-state index contributed by atoms with van der Waals surface area (Å²) in [6, 6.07) is 15.6. The van der Waals surface area contributed by atoms with Crippen LogP contribution in [0.2, 0.25) is 0 Å². The average molecular weight is 294 g/mol.